The number of aromatic nitrogens is 1. The molecule has 0 aliphatic rings. The van der Waals surface area contributed by atoms with Crippen LogP contribution in [-0.2, 0) is 6.54 Å². The Morgan fingerprint density at radius 1 is 1.14 bits per heavy atom. The van der Waals surface area contributed by atoms with E-state index in [2.05, 4.69) is 60.5 Å². The summed E-state index contributed by atoms with van der Waals surface area (Å²) in [5.41, 5.74) is 4.22. The molecule has 0 aliphatic heterocycles. The third-order valence-electron chi connectivity index (χ3n) is 4.04. The van der Waals surface area contributed by atoms with Crippen molar-refractivity contribution in [3.8, 4) is 0 Å². The maximum atomic E-state index is 8.21. The predicted molar refractivity (Wildman–Crippen MR) is 91.4 cm³/mol. The van der Waals surface area contributed by atoms with Gasteiger partial charge in [0.1, 0.15) is 0 Å². The van der Waals surface area contributed by atoms with Crippen LogP contribution in [0.1, 0.15) is 25.3 Å². The molecule has 2 heteroatoms. The normalized spacial score (nSPS) is 11.1. The molecule has 1 N–H and O–H groups in total. The fraction of sp³-hybridized carbons (Fsp3) is 0.211. The Bertz CT molecular complexity index is 824. The van der Waals surface area contributed by atoms with E-state index in [9.17, 15) is 0 Å². The molecule has 3 aromatic rings. The number of allylic oxidation sites excluding steroid dienone is 1. The van der Waals surface area contributed by atoms with Crippen LogP contribution in [0.25, 0.3) is 21.8 Å². The summed E-state index contributed by atoms with van der Waals surface area (Å²) in [4.78, 5) is 0. The van der Waals surface area contributed by atoms with Gasteiger partial charge in [-0.3, -0.25) is 0 Å². The van der Waals surface area contributed by atoms with Gasteiger partial charge in [0.05, 0.1) is 0 Å². The number of rotatable bonds is 5. The van der Waals surface area contributed by atoms with Crippen molar-refractivity contribution in [2.24, 2.45) is 0 Å². The van der Waals surface area contributed by atoms with Crippen LogP contribution in [0, 0.1) is 5.41 Å². The maximum Gasteiger partial charge on any atom is 0.0491 e. The van der Waals surface area contributed by atoms with Crippen LogP contribution in [0.2, 0.25) is 0 Å². The van der Waals surface area contributed by atoms with Gasteiger partial charge in [0, 0.05) is 34.1 Å². The molecule has 0 aliphatic carbocycles. The Kier molecular flexibility index (Phi) is 3.61. The Labute approximate surface area is 125 Å². The number of aryl methyl sites for hydroxylation is 1. The topological polar surface area (TPSA) is 28.8 Å². The van der Waals surface area contributed by atoms with E-state index in [1.54, 1.807) is 0 Å². The molecule has 3 rings (SSSR count). The Morgan fingerprint density at radius 3 is 2.67 bits per heavy atom. The lowest BCUT2D eigenvalue weighted by molar-refractivity contribution is 0.827. The lowest BCUT2D eigenvalue weighted by atomic mass is 10.0. The van der Waals surface area contributed by atoms with Gasteiger partial charge in [-0.1, -0.05) is 30.3 Å². The Balaban J connectivity index is 2.19. The SMILES string of the molecule is C=CCCC(=N)c1ccc2c(c1)c1ccccc1n2CC. The van der Waals surface area contributed by atoms with Crippen LogP contribution >= 0.6 is 0 Å². The largest absolute Gasteiger partial charge is 0.341 e. The van der Waals surface area contributed by atoms with Gasteiger partial charge in [-0.05, 0) is 43.5 Å². The molecular formula is C19H20N2. The molecule has 1 aromatic heterocycles. The van der Waals surface area contributed by atoms with Crippen LogP contribution in [0.5, 0.6) is 0 Å². The second kappa shape index (κ2) is 5.57. The third-order valence-corrected chi connectivity index (χ3v) is 4.04. The molecule has 0 amide bonds. The Morgan fingerprint density at radius 2 is 1.90 bits per heavy atom. The van der Waals surface area contributed by atoms with Crippen LogP contribution in [-0.4, -0.2) is 10.3 Å². The monoisotopic (exact) mass is 276 g/mol. The first kappa shape index (κ1) is 13.6. The summed E-state index contributed by atoms with van der Waals surface area (Å²) in [5, 5.41) is 10.7. The second-order valence-corrected chi connectivity index (χ2v) is 5.30. The lowest BCUT2D eigenvalue weighted by Crippen LogP contribution is -1.98. The van der Waals surface area contributed by atoms with Gasteiger partial charge in [0.15, 0.2) is 0 Å². The smallest absolute Gasteiger partial charge is 0.0491 e. The summed E-state index contributed by atoms with van der Waals surface area (Å²) in [5.74, 6) is 0. The van der Waals surface area contributed by atoms with E-state index in [1.807, 2.05) is 6.08 Å². The number of para-hydroxylation sites is 1. The van der Waals surface area contributed by atoms with Crippen molar-refractivity contribution in [1.29, 1.82) is 5.41 Å². The summed E-state index contributed by atoms with van der Waals surface area (Å²) in [6, 6.07) is 14.9. The molecule has 0 atom stereocenters. The maximum absolute atomic E-state index is 8.21. The van der Waals surface area contributed by atoms with E-state index in [-0.39, 0.29) is 0 Å². The zero-order valence-corrected chi connectivity index (χ0v) is 12.4. The van der Waals surface area contributed by atoms with E-state index in [1.165, 1.54) is 21.8 Å². The first-order valence-electron chi connectivity index (χ1n) is 7.46. The molecule has 2 aromatic carbocycles. The van der Waals surface area contributed by atoms with Crippen molar-refractivity contribution >= 4 is 27.5 Å². The highest BCUT2D eigenvalue weighted by molar-refractivity contribution is 6.11. The third kappa shape index (κ3) is 2.27. The summed E-state index contributed by atoms with van der Waals surface area (Å²) in [7, 11) is 0. The molecule has 0 radical (unpaired) electrons. The molecule has 2 nitrogen and oxygen atoms in total. The van der Waals surface area contributed by atoms with Crippen molar-refractivity contribution in [3.63, 3.8) is 0 Å². The van der Waals surface area contributed by atoms with Crippen molar-refractivity contribution in [2.45, 2.75) is 26.3 Å². The number of nitrogens with zero attached hydrogens (tertiary/aromatic N) is 1. The molecule has 0 spiro atoms. The minimum Gasteiger partial charge on any atom is -0.341 e. The zero-order chi connectivity index (χ0) is 14.8. The highest BCUT2D eigenvalue weighted by Crippen LogP contribution is 2.29. The van der Waals surface area contributed by atoms with E-state index >= 15 is 0 Å². The van der Waals surface area contributed by atoms with E-state index < -0.39 is 0 Å². The van der Waals surface area contributed by atoms with Crippen molar-refractivity contribution in [3.05, 3.63) is 60.7 Å². The quantitative estimate of drug-likeness (QED) is 0.493. The van der Waals surface area contributed by atoms with Gasteiger partial charge in [-0.25, -0.2) is 0 Å². The van der Waals surface area contributed by atoms with Crippen molar-refractivity contribution in [1.82, 2.24) is 4.57 Å². The number of nitrogens with one attached hydrogen (secondary N) is 1. The number of hydrogen-bond acceptors (Lipinski definition) is 1. The van der Waals surface area contributed by atoms with E-state index in [0.717, 1.165) is 24.9 Å². The fourth-order valence-corrected chi connectivity index (χ4v) is 2.97. The number of fused-ring (bicyclic) bond motifs is 3. The van der Waals surface area contributed by atoms with Crippen LogP contribution < -0.4 is 0 Å². The minimum atomic E-state index is 0.685. The van der Waals surface area contributed by atoms with Gasteiger partial charge >= 0.3 is 0 Å². The van der Waals surface area contributed by atoms with Crippen LogP contribution in [0.15, 0.2) is 55.1 Å². The van der Waals surface area contributed by atoms with E-state index in [0.29, 0.717) is 5.71 Å². The minimum absolute atomic E-state index is 0.685. The molecule has 0 fully saturated rings. The van der Waals surface area contributed by atoms with E-state index in [4.69, 9.17) is 5.41 Å². The van der Waals surface area contributed by atoms with Gasteiger partial charge in [0.25, 0.3) is 0 Å². The molecule has 1 heterocycles. The summed E-state index contributed by atoms with van der Waals surface area (Å²) >= 11 is 0. The van der Waals surface area contributed by atoms with Crippen molar-refractivity contribution < 1.29 is 0 Å². The second-order valence-electron chi connectivity index (χ2n) is 5.30. The number of benzene rings is 2. The lowest BCUT2D eigenvalue weighted by Gasteiger charge is -2.05. The summed E-state index contributed by atoms with van der Waals surface area (Å²) < 4.78 is 2.34. The standard InChI is InChI=1S/C19H20N2/c1-3-5-9-17(20)14-11-12-19-16(13-14)15-8-6-7-10-18(15)21(19)4-2/h3,6-8,10-13,20H,1,4-5,9H2,2H3. The first-order chi connectivity index (χ1) is 10.3. The summed E-state index contributed by atoms with van der Waals surface area (Å²) in [6.45, 7) is 6.86. The van der Waals surface area contributed by atoms with Gasteiger partial charge in [0.2, 0.25) is 0 Å². The molecule has 21 heavy (non-hydrogen) atoms. The highest BCUT2D eigenvalue weighted by atomic mass is 15.0. The summed E-state index contributed by atoms with van der Waals surface area (Å²) in [6.07, 6.45) is 3.48. The molecular weight excluding hydrogens is 256 g/mol. The van der Waals surface area contributed by atoms with Gasteiger partial charge < -0.3 is 9.98 Å². The molecule has 0 bridgehead atoms. The highest BCUT2D eigenvalue weighted by Gasteiger charge is 2.10. The molecule has 0 saturated heterocycles. The molecule has 0 unspecified atom stereocenters. The number of hydrogen-bond donors (Lipinski definition) is 1. The molecule has 0 saturated carbocycles. The Hall–Kier alpha value is -2.35. The molecule has 106 valence electrons. The van der Waals surface area contributed by atoms with Crippen LogP contribution in [0.4, 0.5) is 0 Å². The van der Waals surface area contributed by atoms with Gasteiger partial charge in [-0.2, -0.15) is 0 Å². The predicted octanol–water partition coefficient (Wildman–Crippen LogP) is 5.15. The fourth-order valence-electron chi connectivity index (χ4n) is 2.97. The van der Waals surface area contributed by atoms with Gasteiger partial charge in [-0.15, -0.1) is 6.58 Å². The van der Waals surface area contributed by atoms with Crippen molar-refractivity contribution in [2.75, 3.05) is 0 Å². The van der Waals surface area contributed by atoms with Crippen LogP contribution in [0.3, 0.4) is 0 Å². The first-order valence-corrected chi connectivity index (χ1v) is 7.46. The zero-order valence-electron chi connectivity index (χ0n) is 12.4. The average molecular weight is 276 g/mol. The average Bonchev–Trinajstić information content (AvgIpc) is 2.85.